The number of fused-ring (bicyclic) bond motifs is 4. The lowest BCUT2D eigenvalue weighted by Crippen LogP contribution is -2.05. The molecule has 6 heteroatoms. The zero-order valence-electron chi connectivity index (χ0n) is 9.99. The van der Waals surface area contributed by atoms with E-state index in [1.54, 1.807) is 10.6 Å². The molecule has 0 spiro atoms. The zero-order chi connectivity index (χ0) is 13.0. The summed E-state index contributed by atoms with van der Waals surface area (Å²) in [6.45, 7) is 1.86. The summed E-state index contributed by atoms with van der Waals surface area (Å²) in [4.78, 5) is 13.6. The van der Waals surface area contributed by atoms with Crippen molar-refractivity contribution in [2.75, 3.05) is 0 Å². The molecule has 0 fully saturated rings. The molecule has 0 N–H and O–H groups in total. The fourth-order valence-electron chi connectivity index (χ4n) is 2.20. The van der Waals surface area contributed by atoms with Gasteiger partial charge in [0.2, 0.25) is 4.96 Å². The van der Waals surface area contributed by atoms with Crippen LogP contribution in [-0.4, -0.2) is 19.8 Å². The van der Waals surface area contributed by atoms with Gasteiger partial charge in [0.15, 0.2) is 11.3 Å². The summed E-state index contributed by atoms with van der Waals surface area (Å²) in [6.07, 6.45) is 0. The smallest absolute Gasteiger partial charge is 0.233 e. The Hall–Kier alpha value is -2.34. The lowest BCUT2D eigenvalue weighted by Gasteiger charge is -2.07. The molecule has 0 atom stereocenters. The SMILES string of the molecule is Cc1nnc2sc3cc(=O)c4ccccc4c-3nn12. The van der Waals surface area contributed by atoms with Gasteiger partial charge in [-0.05, 0) is 6.92 Å². The molecule has 1 aliphatic heterocycles. The molecule has 2 aliphatic rings. The first-order chi connectivity index (χ1) is 9.24. The van der Waals surface area contributed by atoms with Crippen LogP contribution in [0.15, 0.2) is 35.1 Å². The van der Waals surface area contributed by atoms with E-state index in [0.29, 0.717) is 10.3 Å². The van der Waals surface area contributed by atoms with E-state index in [2.05, 4.69) is 15.3 Å². The molecule has 92 valence electrons. The molecule has 0 saturated heterocycles. The van der Waals surface area contributed by atoms with Crippen LogP contribution < -0.4 is 5.43 Å². The predicted molar refractivity (Wildman–Crippen MR) is 73.8 cm³/mol. The van der Waals surface area contributed by atoms with Crippen molar-refractivity contribution in [3.8, 4) is 10.6 Å². The second kappa shape index (κ2) is 3.58. The quantitative estimate of drug-likeness (QED) is 0.458. The van der Waals surface area contributed by atoms with Gasteiger partial charge in [-0.3, -0.25) is 4.79 Å². The van der Waals surface area contributed by atoms with E-state index < -0.39 is 0 Å². The van der Waals surface area contributed by atoms with Crippen LogP contribution in [0.1, 0.15) is 5.82 Å². The summed E-state index contributed by atoms with van der Waals surface area (Å²) in [6, 6.07) is 9.15. The maximum absolute atomic E-state index is 12.1. The topological polar surface area (TPSA) is 60.2 Å². The Labute approximate surface area is 111 Å². The Bertz CT molecular complexity index is 956. The number of hydrogen-bond donors (Lipinski definition) is 0. The van der Waals surface area contributed by atoms with Gasteiger partial charge in [-0.2, -0.15) is 9.61 Å². The van der Waals surface area contributed by atoms with Crippen molar-refractivity contribution in [2.45, 2.75) is 6.92 Å². The Morgan fingerprint density at radius 1 is 1.16 bits per heavy atom. The van der Waals surface area contributed by atoms with Crippen molar-refractivity contribution in [1.82, 2.24) is 19.8 Å². The molecule has 5 nitrogen and oxygen atoms in total. The molecule has 19 heavy (non-hydrogen) atoms. The Morgan fingerprint density at radius 3 is 2.79 bits per heavy atom. The van der Waals surface area contributed by atoms with Gasteiger partial charge in [0, 0.05) is 16.8 Å². The summed E-state index contributed by atoms with van der Waals surface area (Å²) in [5.74, 6) is 0.739. The molecule has 1 aromatic heterocycles. The van der Waals surface area contributed by atoms with Crippen LogP contribution in [0.4, 0.5) is 0 Å². The van der Waals surface area contributed by atoms with Gasteiger partial charge in [-0.1, -0.05) is 35.6 Å². The fourth-order valence-corrected chi connectivity index (χ4v) is 3.15. The van der Waals surface area contributed by atoms with E-state index in [1.165, 1.54) is 11.3 Å². The molecule has 0 saturated carbocycles. The lowest BCUT2D eigenvalue weighted by molar-refractivity contribution is 0.889. The minimum atomic E-state index is 0.0155. The van der Waals surface area contributed by atoms with Crippen molar-refractivity contribution in [3.05, 3.63) is 46.4 Å². The second-order valence-corrected chi connectivity index (χ2v) is 5.32. The molecular formula is C13H8N4OS. The second-order valence-electron chi connectivity index (χ2n) is 4.31. The van der Waals surface area contributed by atoms with Crippen LogP contribution in [-0.2, 0) is 0 Å². The summed E-state index contributed by atoms with van der Waals surface area (Å²) < 4.78 is 1.71. The number of hydrogen-bond acceptors (Lipinski definition) is 5. The molecule has 1 aliphatic carbocycles. The van der Waals surface area contributed by atoms with Gasteiger partial charge < -0.3 is 0 Å². The van der Waals surface area contributed by atoms with E-state index in [4.69, 9.17) is 0 Å². The van der Waals surface area contributed by atoms with Crippen LogP contribution in [0.25, 0.3) is 26.3 Å². The summed E-state index contributed by atoms with van der Waals surface area (Å²) in [5, 5.41) is 14.2. The molecule has 0 amide bonds. The fraction of sp³-hybridized carbons (Fsp3) is 0.0769. The highest BCUT2D eigenvalue weighted by atomic mass is 32.1. The van der Waals surface area contributed by atoms with Crippen LogP contribution in [0.3, 0.4) is 0 Å². The van der Waals surface area contributed by atoms with E-state index in [9.17, 15) is 4.79 Å². The van der Waals surface area contributed by atoms with E-state index in [1.807, 2.05) is 31.2 Å². The number of rotatable bonds is 0. The highest BCUT2D eigenvalue weighted by Gasteiger charge is 2.15. The first kappa shape index (κ1) is 10.6. The third-order valence-corrected chi connectivity index (χ3v) is 4.08. The zero-order valence-corrected chi connectivity index (χ0v) is 10.8. The number of aromatic nitrogens is 4. The van der Waals surface area contributed by atoms with Gasteiger partial charge in [0.05, 0.1) is 4.88 Å². The van der Waals surface area contributed by atoms with Crippen LogP contribution in [0.2, 0.25) is 0 Å². The van der Waals surface area contributed by atoms with Crippen molar-refractivity contribution in [1.29, 1.82) is 0 Å². The molecule has 1 aromatic carbocycles. The van der Waals surface area contributed by atoms with Crippen LogP contribution in [0.5, 0.6) is 0 Å². The molecule has 0 unspecified atom stereocenters. The lowest BCUT2D eigenvalue weighted by atomic mass is 10.1. The van der Waals surface area contributed by atoms with Crippen LogP contribution in [0, 0.1) is 6.92 Å². The number of aryl methyl sites for hydroxylation is 1. The maximum Gasteiger partial charge on any atom is 0.233 e. The van der Waals surface area contributed by atoms with Crippen molar-refractivity contribution in [2.24, 2.45) is 0 Å². The third kappa shape index (κ3) is 1.40. The normalized spacial score (nSPS) is 11.6. The monoisotopic (exact) mass is 268 g/mol. The third-order valence-electron chi connectivity index (χ3n) is 3.11. The number of benzene rings is 2. The average Bonchev–Trinajstić information content (AvgIpc) is 2.78. The highest BCUT2D eigenvalue weighted by molar-refractivity contribution is 7.20. The molecule has 4 rings (SSSR count). The first-order valence-electron chi connectivity index (χ1n) is 5.79. The van der Waals surface area contributed by atoms with Crippen molar-refractivity contribution >= 4 is 27.1 Å². The Balaban J connectivity index is 2.31. The standard InChI is InChI=1S/C13H8N4OS/c1-7-14-15-13-17(7)16-12-9-5-3-2-4-8(9)10(18)6-11(12)19-13/h2-6H,1H3. The largest absolute Gasteiger partial charge is 0.289 e. The van der Waals surface area contributed by atoms with Gasteiger partial charge in [0.25, 0.3) is 0 Å². The number of nitrogens with zero attached hydrogens (tertiary/aromatic N) is 4. The first-order valence-corrected chi connectivity index (χ1v) is 6.60. The van der Waals surface area contributed by atoms with Gasteiger partial charge >= 0.3 is 0 Å². The Kier molecular flexibility index (Phi) is 1.99. The summed E-state index contributed by atoms with van der Waals surface area (Å²) >= 11 is 1.43. The minimum absolute atomic E-state index is 0.0155. The van der Waals surface area contributed by atoms with Gasteiger partial charge in [-0.15, -0.1) is 10.2 Å². The van der Waals surface area contributed by atoms with E-state index in [-0.39, 0.29) is 5.43 Å². The predicted octanol–water partition coefficient (Wildman–Crippen LogP) is 2.11. The molecule has 2 aromatic rings. The van der Waals surface area contributed by atoms with E-state index >= 15 is 0 Å². The highest BCUT2D eigenvalue weighted by Crippen LogP contribution is 2.30. The maximum atomic E-state index is 12.1. The van der Waals surface area contributed by atoms with Gasteiger partial charge in [-0.25, -0.2) is 0 Å². The van der Waals surface area contributed by atoms with Gasteiger partial charge in [0.1, 0.15) is 5.69 Å². The summed E-state index contributed by atoms with van der Waals surface area (Å²) in [7, 11) is 0. The van der Waals surface area contributed by atoms with Crippen LogP contribution >= 0.6 is 11.3 Å². The summed E-state index contributed by atoms with van der Waals surface area (Å²) in [5.41, 5.74) is 0.831. The molecule has 2 heterocycles. The minimum Gasteiger partial charge on any atom is -0.289 e. The average molecular weight is 268 g/mol. The van der Waals surface area contributed by atoms with Crippen molar-refractivity contribution < 1.29 is 0 Å². The Morgan fingerprint density at radius 2 is 1.95 bits per heavy atom. The molecular weight excluding hydrogens is 260 g/mol. The van der Waals surface area contributed by atoms with Crippen molar-refractivity contribution in [3.63, 3.8) is 0 Å². The molecule has 0 radical (unpaired) electrons. The molecule has 0 bridgehead atoms. The van der Waals surface area contributed by atoms with E-state index in [0.717, 1.165) is 21.8 Å².